The van der Waals surface area contributed by atoms with Crippen LogP contribution in [0.5, 0.6) is 5.75 Å². The van der Waals surface area contributed by atoms with E-state index in [4.69, 9.17) is 9.47 Å². The Balaban J connectivity index is 1.63. The van der Waals surface area contributed by atoms with Crippen LogP contribution in [-0.2, 0) is 27.7 Å². The van der Waals surface area contributed by atoms with Gasteiger partial charge in [0.2, 0.25) is 16.0 Å². The smallest absolute Gasteiger partial charge is 0.247 e. The fraction of sp³-hybridized carbons (Fsp3) is 0.474. The van der Waals surface area contributed by atoms with Crippen molar-refractivity contribution in [3.05, 3.63) is 41.2 Å². The number of rotatable bonds is 4. The lowest BCUT2D eigenvalue weighted by atomic mass is 10.1. The maximum absolute atomic E-state index is 13.3. The number of sulfonamides is 1. The van der Waals surface area contributed by atoms with E-state index < -0.39 is 10.0 Å². The zero-order chi connectivity index (χ0) is 19.7. The summed E-state index contributed by atoms with van der Waals surface area (Å²) in [6.07, 6.45) is 2.41. The Bertz CT molecular complexity index is 974. The second-order valence-corrected chi connectivity index (χ2v) is 8.89. The molecule has 2 aliphatic rings. The van der Waals surface area contributed by atoms with Gasteiger partial charge in [-0.15, -0.1) is 0 Å². The van der Waals surface area contributed by atoms with Gasteiger partial charge >= 0.3 is 0 Å². The molecular weight excluding hydrogens is 380 g/mol. The van der Waals surface area contributed by atoms with Gasteiger partial charge in [-0.1, -0.05) is 6.07 Å². The van der Waals surface area contributed by atoms with Crippen molar-refractivity contribution < 1.29 is 17.9 Å². The van der Waals surface area contributed by atoms with Crippen LogP contribution < -0.4 is 9.64 Å². The van der Waals surface area contributed by atoms with Gasteiger partial charge in [-0.3, -0.25) is 0 Å². The molecule has 4 rings (SSSR count). The molecule has 0 amide bonds. The van der Waals surface area contributed by atoms with E-state index in [2.05, 4.69) is 14.9 Å². The van der Waals surface area contributed by atoms with Gasteiger partial charge < -0.3 is 14.4 Å². The van der Waals surface area contributed by atoms with Gasteiger partial charge in [-0.2, -0.15) is 4.31 Å². The first-order valence-electron chi connectivity index (χ1n) is 9.31. The molecule has 9 heteroatoms. The number of anilines is 1. The van der Waals surface area contributed by atoms with Crippen molar-refractivity contribution in [3.63, 3.8) is 0 Å². The SMILES string of the molecule is COc1ccc(C)cc1S(=O)(=O)N1CCc2cnc(N3CCOCC3)nc2C1. The van der Waals surface area contributed by atoms with Crippen LogP contribution in [0.15, 0.2) is 29.3 Å². The Labute approximate surface area is 165 Å². The van der Waals surface area contributed by atoms with Crippen LogP contribution >= 0.6 is 0 Å². The van der Waals surface area contributed by atoms with Crippen molar-refractivity contribution >= 4 is 16.0 Å². The van der Waals surface area contributed by atoms with Gasteiger partial charge in [-0.25, -0.2) is 18.4 Å². The third-order valence-electron chi connectivity index (χ3n) is 5.13. The Morgan fingerprint density at radius 3 is 2.71 bits per heavy atom. The molecule has 1 aromatic heterocycles. The number of benzene rings is 1. The van der Waals surface area contributed by atoms with E-state index in [-0.39, 0.29) is 11.4 Å². The van der Waals surface area contributed by atoms with Crippen LogP contribution in [0.4, 0.5) is 5.95 Å². The highest BCUT2D eigenvalue weighted by Gasteiger charge is 2.32. The Morgan fingerprint density at radius 1 is 1.18 bits per heavy atom. The van der Waals surface area contributed by atoms with E-state index in [0.717, 1.165) is 29.9 Å². The average Bonchev–Trinajstić information content (AvgIpc) is 2.73. The number of ether oxygens (including phenoxy) is 2. The molecule has 8 nitrogen and oxygen atoms in total. The average molecular weight is 404 g/mol. The molecule has 2 aromatic rings. The van der Waals surface area contributed by atoms with Crippen LogP contribution in [0.1, 0.15) is 16.8 Å². The first kappa shape index (κ1) is 19.1. The van der Waals surface area contributed by atoms with Crippen molar-refractivity contribution in [3.8, 4) is 5.75 Å². The molecule has 1 aromatic carbocycles. The number of aryl methyl sites for hydroxylation is 1. The lowest BCUT2D eigenvalue weighted by molar-refractivity contribution is 0.122. The third-order valence-corrected chi connectivity index (χ3v) is 7.00. The molecular formula is C19H24N4O4S. The second kappa shape index (κ2) is 7.65. The Kier molecular flexibility index (Phi) is 5.22. The first-order valence-corrected chi connectivity index (χ1v) is 10.8. The number of hydrogen-bond donors (Lipinski definition) is 0. The minimum absolute atomic E-state index is 0.195. The Morgan fingerprint density at radius 2 is 1.96 bits per heavy atom. The monoisotopic (exact) mass is 404 g/mol. The highest BCUT2D eigenvalue weighted by Crippen LogP contribution is 2.31. The van der Waals surface area contributed by atoms with Gasteiger partial charge in [0, 0.05) is 25.8 Å². The third kappa shape index (κ3) is 3.57. The number of hydrogen-bond acceptors (Lipinski definition) is 7. The van der Waals surface area contributed by atoms with Crippen molar-refractivity contribution in [2.75, 3.05) is 44.9 Å². The molecule has 1 fully saturated rings. The normalized spacial score (nSPS) is 18.0. The summed E-state index contributed by atoms with van der Waals surface area (Å²) in [5.41, 5.74) is 2.63. The molecule has 0 aliphatic carbocycles. The largest absolute Gasteiger partial charge is 0.495 e. The zero-order valence-corrected chi connectivity index (χ0v) is 16.9. The molecule has 0 atom stereocenters. The van der Waals surface area contributed by atoms with Gasteiger partial charge in [0.05, 0.1) is 32.6 Å². The molecule has 0 bridgehead atoms. The molecule has 0 unspecified atom stereocenters. The molecule has 0 N–H and O–H groups in total. The maximum atomic E-state index is 13.3. The highest BCUT2D eigenvalue weighted by atomic mass is 32.2. The van der Waals surface area contributed by atoms with Gasteiger partial charge in [-0.05, 0) is 36.6 Å². The van der Waals surface area contributed by atoms with Crippen LogP contribution in [0, 0.1) is 6.92 Å². The van der Waals surface area contributed by atoms with Crippen LogP contribution in [0.25, 0.3) is 0 Å². The zero-order valence-electron chi connectivity index (χ0n) is 16.1. The topological polar surface area (TPSA) is 84.9 Å². The number of methoxy groups -OCH3 is 1. The lowest BCUT2D eigenvalue weighted by Gasteiger charge is -2.30. The standard InChI is InChI=1S/C19H24N4O4S/c1-14-3-4-17(26-2)18(11-14)28(24,25)23-6-5-15-12-20-19(21-16(15)13-23)22-7-9-27-10-8-22/h3-4,11-12H,5-10,13H2,1-2H3. The maximum Gasteiger partial charge on any atom is 0.247 e. The quantitative estimate of drug-likeness (QED) is 0.761. The van der Waals surface area contributed by atoms with Gasteiger partial charge in [0.15, 0.2) is 0 Å². The summed E-state index contributed by atoms with van der Waals surface area (Å²) in [5.74, 6) is 0.988. The number of fused-ring (bicyclic) bond motifs is 1. The lowest BCUT2D eigenvalue weighted by Crippen LogP contribution is -2.39. The second-order valence-electron chi connectivity index (χ2n) is 6.98. The Hall–Kier alpha value is -2.23. The predicted octanol–water partition coefficient (Wildman–Crippen LogP) is 1.38. The molecule has 0 saturated carbocycles. The van der Waals surface area contributed by atoms with Crippen molar-refractivity contribution in [1.82, 2.24) is 14.3 Å². The summed E-state index contributed by atoms with van der Waals surface area (Å²) >= 11 is 0. The minimum atomic E-state index is -3.69. The van der Waals surface area contributed by atoms with E-state index in [1.54, 1.807) is 12.1 Å². The summed E-state index contributed by atoms with van der Waals surface area (Å²) in [6.45, 7) is 5.26. The number of aromatic nitrogens is 2. The van der Waals surface area contributed by atoms with E-state index in [1.807, 2.05) is 19.2 Å². The predicted molar refractivity (Wildman–Crippen MR) is 104 cm³/mol. The molecule has 0 spiro atoms. The summed E-state index contributed by atoms with van der Waals surface area (Å²) < 4.78 is 38.7. The van der Waals surface area contributed by atoms with Gasteiger partial charge in [0.1, 0.15) is 10.6 Å². The first-order chi connectivity index (χ1) is 13.5. The summed E-state index contributed by atoms with van der Waals surface area (Å²) in [4.78, 5) is 11.4. The fourth-order valence-electron chi connectivity index (χ4n) is 3.51. The molecule has 1 saturated heterocycles. The van der Waals surface area contributed by atoms with Crippen molar-refractivity contribution in [2.45, 2.75) is 24.8 Å². The van der Waals surface area contributed by atoms with E-state index in [1.165, 1.54) is 11.4 Å². The van der Waals surface area contributed by atoms with E-state index in [0.29, 0.717) is 37.9 Å². The van der Waals surface area contributed by atoms with Crippen LogP contribution in [-0.4, -0.2) is 62.6 Å². The van der Waals surface area contributed by atoms with Crippen LogP contribution in [0.3, 0.4) is 0 Å². The van der Waals surface area contributed by atoms with E-state index >= 15 is 0 Å². The summed E-state index contributed by atoms with van der Waals surface area (Å²) in [6, 6.07) is 5.19. The van der Waals surface area contributed by atoms with Gasteiger partial charge in [0.25, 0.3) is 0 Å². The van der Waals surface area contributed by atoms with Crippen LogP contribution in [0.2, 0.25) is 0 Å². The molecule has 3 heterocycles. The fourth-order valence-corrected chi connectivity index (χ4v) is 5.16. The minimum Gasteiger partial charge on any atom is -0.495 e. The van der Waals surface area contributed by atoms with Crippen molar-refractivity contribution in [2.24, 2.45) is 0 Å². The molecule has 2 aliphatic heterocycles. The number of nitrogens with zero attached hydrogens (tertiary/aromatic N) is 4. The number of morpholine rings is 1. The highest BCUT2D eigenvalue weighted by molar-refractivity contribution is 7.89. The summed E-state index contributed by atoms with van der Waals surface area (Å²) in [5, 5.41) is 0. The molecule has 150 valence electrons. The van der Waals surface area contributed by atoms with E-state index in [9.17, 15) is 8.42 Å². The van der Waals surface area contributed by atoms with Crippen molar-refractivity contribution in [1.29, 1.82) is 0 Å². The molecule has 28 heavy (non-hydrogen) atoms. The summed E-state index contributed by atoms with van der Waals surface area (Å²) in [7, 11) is -2.21. The molecule has 0 radical (unpaired) electrons.